The number of anilines is 2. The molecule has 22 heteroatoms. The van der Waals surface area contributed by atoms with E-state index < -0.39 is 36.2 Å². The van der Waals surface area contributed by atoms with E-state index in [9.17, 15) is 35.5 Å². The highest BCUT2D eigenvalue weighted by atomic mass is 32.1. The van der Waals surface area contributed by atoms with Gasteiger partial charge in [0.15, 0.2) is 16.4 Å². The molecule has 0 radical (unpaired) electrons. The van der Waals surface area contributed by atoms with E-state index in [0.717, 1.165) is 11.9 Å². The summed E-state index contributed by atoms with van der Waals surface area (Å²) in [6, 6.07) is 0.782. The van der Waals surface area contributed by atoms with Gasteiger partial charge in [-0.15, -0.1) is 11.3 Å². The van der Waals surface area contributed by atoms with E-state index in [4.69, 9.17) is 30.5 Å². The van der Waals surface area contributed by atoms with E-state index in [2.05, 4.69) is 30.2 Å². The Balaban J connectivity index is 0.000000331. The van der Waals surface area contributed by atoms with Gasteiger partial charge in [-0.25, -0.2) is 23.9 Å². The molecule has 0 aliphatic carbocycles. The smallest absolute Gasteiger partial charge is 0.475 e. The quantitative estimate of drug-likeness (QED) is 0.173. The number of halogens is 7. The van der Waals surface area contributed by atoms with Crippen molar-refractivity contribution in [2.75, 3.05) is 11.1 Å². The number of pyridine rings is 1. The summed E-state index contributed by atoms with van der Waals surface area (Å²) in [6.45, 7) is 3.65. The zero-order chi connectivity index (χ0) is 33.9. The van der Waals surface area contributed by atoms with Crippen LogP contribution < -0.4 is 16.6 Å². The van der Waals surface area contributed by atoms with Crippen LogP contribution in [0.5, 0.6) is 0 Å². The monoisotopic (exact) mass is 665 g/mol. The number of hydrogen-bond donors (Lipinski definition) is 5. The molecule has 1 atom stereocenters. The van der Waals surface area contributed by atoms with Crippen molar-refractivity contribution in [1.82, 2.24) is 34.3 Å². The van der Waals surface area contributed by atoms with Crippen molar-refractivity contribution in [3.8, 4) is 11.1 Å². The predicted molar refractivity (Wildman–Crippen MR) is 143 cm³/mol. The lowest BCUT2D eigenvalue weighted by Crippen LogP contribution is -2.23. The average Bonchev–Trinajstić information content (AvgIpc) is 3.54. The van der Waals surface area contributed by atoms with Crippen molar-refractivity contribution in [2.24, 2.45) is 0 Å². The highest BCUT2D eigenvalue weighted by Crippen LogP contribution is 2.29. The SMILES string of the molecule is Cc1csc2nc(C(C)Nc3nc(N)nc4nc[nH]c34)c(-c3cncc(F)c3)c(=O)n12.O=C(O)C(F)(F)F.O=C(O)C(F)(F)F. The Hall–Kier alpha value is -5.41. The molecule has 5 rings (SSSR count). The second kappa shape index (κ2) is 13.1. The lowest BCUT2D eigenvalue weighted by molar-refractivity contribution is -0.193. The van der Waals surface area contributed by atoms with Gasteiger partial charge >= 0.3 is 24.3 Å². The number of H-pyrrole nitrogens is 1. The second-order valence-corrected chi connectivity index (χ2v) is 9.40. The summed E-state index contributed by atoms with van der Waals surface area (Å²) in [6.07, 6.45) is -6.14. The van der Waals surface area contributed by atoms with E-state index in [-0.39, 0.29) is 17.1 Å². The number of carboxylic acid groups (broad SMARTS) is 2. The standard InChI is InChI=1S/C19H16FN9OS.2C2HF3O2/c1-8-6-31-19-26-13(12(17(30)29(8)19)10-3-11(20)5-22-4-10)9(2)25-16-14-15(24-7-23-14)27-18(21)28-16;2*3-2(4,5)1(6)7/h3-7,9H,1-2H3,(H4,21,23,24,25,27,28);2*(H,6,7). The first-order valence-electron chi connectivity index (χ1n) is 11.8. The van der Waals surface area contributed by atoms with E-state index in [1.807, 2.05) is 19.2 Å². The number of hydrogen-bond acceptors (Lipinski definition) is 11. The topological polar surface area (TPSA) is 214 Å². The number of carboxylic acids is 2. The molecular weight excluding hydrogens is 647 g/mol. The normalized spacial score (nSPS) is 12.1. The number of nitrogens with two attached hydrogens (primary N) is 1. The van der Waals surface area contributed by atoms with Gasteiger partial charge < -0.3 is 26.2 Å². The fourth-order valence-electron chi connectivity index (χ4n) is 3.46. The summed E-state index contributed by atoms with van der Waals surface area (Å²) in [5.74, 6) is -5.58. The van der Waals surface area contributed by atoms with E-state index in [1.54, 1.807) is 0 Å². The van der Waals surface area contributed by atoms with Gasteiger partial charge in [0.05, 0.1) is 29.8 Å². The molecular formula is C23H18F7N9O5S. The van der Waals surface area contributed by atoms with Crippen LogP contribution in [0.15, 0.2) is 35.0 Å². The first-order valence-corrected chi connectivity index (χ1v) is 12.6. The Labute approximate surface area is 248 Å². The summed E-state index contributed by atoms with van der Waals surface area (Å²) >= 11 is 1.35. The molecule has 0 aliphatic rings. The minimum atomic E-state index is -5.08. The molecule has 240 valence electrons. The van der Waals surface area contributed by atoms with Crippen LogP contribution in [0.25, 0.3) is 27.3 Å². The summed E-state index contributed by atoms with van der Waals surface area (Å²) in [5.41, 5.74) is 8.27. The molecule has 0 aliphatic heterocycles. The van der Waals surface area contributed by atoms with E-state index >= 15 is 0 Å². The number of aliphatic carboxylic acids is 2. The Kier molecular flexibility index (Phi) is 9.90. The van der Waals surface area contributed by atoms with Crippen LogP contribution in [0, 0.1) is 12.7 Å². The first-order chi connectivity index (χ1) is 20.8. The molecule has 5 aromatic rings. The predicted octanol–water partition coefficient (Wildman–Crippen LogP) is 3.95. The Morgan fingerprint density at radius 3 is 2.22 bits per heavy atom. The fourth-order valence-corrected chi connectivity index (χ4v) is 4.32. The lowest BCUT2D eigenvalue weighted by atomic mass is 10.0. The molecule has 6 N–H and O–H groups in total. The van der Waals surface area contributed by atoms with Gasteiger partial charge in [-0.1, -0.05) is 0 Å². The van der Waals surface area contributed by atoms with Gasteiger partial charge in [0, 0.05) is 22.8 Å². The third-order valence-electron chi connectivity index (χ3n) is 5.31. The van der Waals surface area contributed by atoms with Crippen LogP contribution in [0.3, 0.4) is 0 Å². The van der Waals surface area contributed by atoms with Gasteiger partial charge in [-0.2, -0.15) is 36.3 Å². The minimum absolute atomic E-state index is 0.0567. The number of rotatable bonds is 4. The third kappa shape index (κ3) is 8.16. The highest BCUT2D eigenvalue weighted by molar-refractivity contribution is 7.15. The van der Waals surface area contributed by atoms with Gasteiger partial charge in [0.25, 0.3) is 5.56 Å². The molecule has 14 nitrogen and oxygen atoms in total. The summed E-state index contributed by atoms with van der Waals surface area (Å²) in [5, 5.41) is 19.3. The van der Waals surface area contributed by atoms with Crippen LogP contribution in [-0.2, 0) is 9.59 Å². The minimum Gasteiger partial charge on any atom is -0.475 e. The lowest BCUT2D eigenvalue weighted by Gasteiger charge is -2.18. The van der Waals surface area contributed by atoms with Gasteiger partial charge in [-0.05, 0) is 19.9 Å². The molecule has 0 saturated heterocycles. The maximum absolute atomic E-state index is 13.9. The molecule has 1 unspecified atom stereocenters. The fraction of sp³-hybridized carbons (Fsp3) is 0.217. The molecule has 0 amide bonds. The van der Waals surface area contributed by atoms with Crippen molar-refractivity contribution in [3.05, 3.63) is 57.7 Å². The van der Waals surface area contributed by atoms with Gasteiger partial charge in [-0.3, -0.25) is 14.2 Å². The van der Waals surface area contributed by atoms with Crippen LogP contribution in [0.4, 0.5) is 42.5 Å². The van der Waals surface area contributed by atoms with Gasteiger partial charge in [0.2, 0.25) is 5.95 Å². The third-order valence-corrected chi connectivity index (χ3v) is 6.26. The van der Waals surface area contributed by atoms with Crippen molar-refractivity contribution in [3.63, 3.8) is 0 Å². The van der Waals surface area contributed by atoms with Crippen molar-refractivity contribution in [1.29, 1.82) is 0 Å². The number of aryl methyl sites for hydroxylation is 1. The summed E-state index contributed by atoms with van der Waals surface area (Å²) in [7, 11) is 0. The number of carbonyl (C=O) groups is 2. The average molecular weight is 666 g/mol. The van der Waals surface area contributed by atoms with Gasteiger partial charge in [0.1, 0.15) is 11.3 Å². The Morgan fingerprint density at radius 2 is 1.67 bits per heavy atom. The molecule has 0 bridgehead atoms. The molecule has 5 aromatic heterocycles. The molecule has 0 spiro atoms. The number of imidazole rings is 1. The number of thiazole rings is 1. The number of aromatic nitrogens is 7. The Bertz CT molecular complexity index is 1900. The van der Waals surface area contributed by atoms with Crippen LogP contribution in [0.2, 0.25) is 0 Å². The second-order valence-electron chi connectivity index (χ2n) is 8.57. The zero-order valence-electron chi connectivity index (χ0n) is 22.4. The number of nitrogens with zero attached hydrogens (tertiary/aromatic N) is 6. The molecule has 45 heavy (non-hydrogen) atoms. The molecule has 0 fully saturated rings. The van der Waals surface area contributed by atoms with Crippen LogP contribution in [-0.4, -0.2) is 68.8 Å². The Morgan fingerprint density at radius 1 is 1.07 bits per heavy atom. The zero-order valence-corrected chi connectivity index (χ0v) is 23.2. The number of aromatic amines is 1. The molecule has 0 aromatic carbocycles. The molecule has 5 heterocycles. The van der Waals surface area contributed by atoms with Crippen molar-refractivity contribution < 1.29 is 50.5 Å². The van der Waals surface area contributed by atoms with Crippen molar-refractivity contribution in [2.45, 2.75) is 32.2 Å². The number of nitrogens with one attached hydrogen (secondary N) is 2. The van der Waals surface area contributed by atoms with Crippen molar-refractivity contribution >= 4 is 51.2 Å². The summed E-state index contributed by atoms with van der Waals surface area (Å²) in [4.78, 5) is 55.8. The number of fused-ring (bicyclic) bond motifs is 2. The van der Waals surface area contributed by atoms with E-state index in [1.165, 1.54) is 34.3 Å². The molecule has 0 saturated carbocycles. The highest BCUT2D eigenvalue weighted by Gasteiger charge is 2.38. The van der Waals surface area contributed by atoms with Crippen LogP contribution >= 0.6 is 11.3 Å². The number of alkyl halides is 6. The summed E-state index contributed by atoms with van der Waals surface area (Å²) < 4.78 is 78.9. The first kappa shape index (κ1) is 34.1. The maximum Gasteiger partial charge on any atom is 0.490 e. The van der Waals surface area contributed by atoms with E-state index in [0.29, 0.717) is 33.2 Å². The largest absolute Gasteiger partial charge is 0.490 e. The van der Waals surface area contributed by atoms with Crippen LogP contribution in [0.1, 0.15) is 24.4 Å². The maximum atomic E-state index is 13.9. The number of nitrogen functional groups attached to an aromatic ring is 1.